The highest BCUT2D eigenvalue weighted by atomic mass is 16.5. The van der Waals surface area contributed by atoms with E-state index >= 15 is 0 Å². The Morgan fingerprint density at radius 1 is 1.00 bits per heavy atom. The molecule has 2 aliphatic carbocycles. The predicted molar refractivity (Wildman–Crippen MR) is 175 cm³/mol. The van der Waals surface area contributed by atoms with Crippen LogP contribution < -0.4 is 10.5 Å². The van der Waals surface area contributed by atoms with Crippen molar-refractivity contribution in [1.29, 1.82) is 0 Å². The van der Waals surface area contributed by atoms with Crippen molar-refractivity contribution >= 4 is 17.4 Å². The van der Waals surface area contributed by atoms with Gasteiger partial charge < -0.3 is 20.7 Å². The molecule has 6 unspecified atom stereocenters. The zero-order valence-electron chi connectivity index (χ0n) is 26.2. The number of hydrogen-bond acceptors (Lipinski definition) is 7. The van der Waals surface area contributed by atoms with Gasteiger partial charge in [-0.15, -0.1) is 0 Å². The van der Waals surface area contributed by atoms with E-state index < -0.39 is 29.5 Å². The van der Waals surface area contributed by atoms with Crippen molar-refractivity contribution in [1.82, 2.24) is 4.98 Å². The number of fused-ring (bicyclic) bond motifs is 2. The quantitative estimate of drug-likeness (QED) is 0.221. The van der Waals surface area contributed by atoms with Gasteiger partial charge in [0.1, 0.15) is 5.82 Å². The highest BCUT2D eigenvalue weighted by Gasteiger charge is 2.40. The fourth-order valence-electron chi connectivity index (χ4n) is 7.24. The summed E-state index contributed by atoms with van der Waals surface area (Å²) >= 11 is 0. The number of hydrogen-bond donors (Lipinski definition) is 3. The number of aromatic nitrogens is 1. The lowest BCUT2D eigenvalue weighted by molar-refractivity contribution is -0.142. The molecule has 0 aliphatic heterocycles. The minimum absolute atomic E-state index is 0.00425. The van der Waals surface area contributed by atoms with E-state index in [4.69, 9.17) is 10.5 Å². The second-order valence-corrected chi connectivity index (χ2v) is 12.7. The minimum atomic E-state index is -1.69. The Balaban J connectivity index is 1.63. The first-order valence-corrected chi connectivity index (χ1v) is 16.2. The monoisotopic (exact) mass is 608 g/mol. The first-order chi connectivity index (χ1) is 21.8. The van der Waals surface area contributed by atoms with Crippen molar-refractivity contribution in [2.75, 3.05) is 12.8 Å². The van der Waals surface area contributed by atoms with Crippen LogP contribution in [0.1, 0.15) is 80.0 Å². The summed E-state index contributed by atoms with van der Waals surface area (Å²) in [5.41, 5.74) is 9.64. The first-order valence-electron chi connectivity index (χ1n) is 16.2. The molecule has 1 saturated carbocycles. The maximum Gasteiger partial charge on any atom is 0.173 e. The summed E-state index contributed by atoms with van der Waals surface area (Å²) < 4.78 is 5.39. The number of nitrogen functional groups attached to an aromatic ring is 1. The van der Waals surface area contributed by atoms with E-state index in [2.05, 4.69) is 23.7 Å². The van der Waals surface area contributed by atoms with Gasteiger partial charge in [0.2, 0.25) is 0 Å². The number of carbonyl (C=O) groups excluding carboxylic acids is 2. The summed E-state index contributed by atoms with van der Waals surface area (Å²) in [6.45, 7) is 2.17. The van der Waals surface area contributed by atoms with Gasteiger partial charge in [-0.2, -0.15) is 0 Å². The predicted octanol–water partition coefficient (Wildman–Crippen LogP) is 6.04. The van der Waals surface area contributed by atoms with Crippen LogP contribution in [0.5, 0.6) is 11.5 Å². The number of aliphatic hydroxyl groups excluding tert-OH is 1. The number of nitrogens with zero attached hydrogens (tertiary/aromatic N) is 1. The van der Waals surface area contributed by atoms with Crippen LogP contribution in [0.3, 0.4) is 0 Å². The summed E-state index contributed by atoms with van der Waals surface area (Å²) in [4.78, 5) is 31.5. The second kappa shape index (κ2) is 14.8. The zero-order valence-corrected chi connectivity index (χ0v) is 26.2. The van der Waals surface area contributed by atoms with Crippen LogP contribution in [0.25, 0.3) is 0 Å². The van der Waals surface area contributed by atoms with Crippen LogP contribution >= 0.6 is 0 Å². The lowest BCUT2D eigenvalue weighted by Crippen LogP contribution is -2.38. The van der Waals surface area contributed by atoms with Gasteiger partial charge in [0.05, 0.1) is 13.0 Å². The number of phenolic OH excluding ortho intramolecular Hbond substituents is 1. The fourth-order valence-corrected chi connectivity index (χ4v) is 7.24. The third-order valence-electron chi connectivity index (χ3n) is 9.54. The van der Waals surface area contributed by atoms with Gasteiger partial charge >= 0.3 is 0 Å². The number of benzene rings is 2. The van der Waals surface area contributed by atoms with Crippen LogP contribution in [-0.4, -0.2) is 40.0 Å². The van der Waals surface area contributed by atoms with E-state index in [-0.39, 0.29) is 36.3 Å². The number of rotatable bonds is 7. The summed E-state index contributed by atoms with van der Waals surface area (Å²) in [5.74, 6) is 6.19. The van der Waals surface area contributed by atoms with Gasteiger partial charge in [-0.25, -0.2) is 4.98 Å². The molecular formula is C38H44N2O5. The van der Waals surface area contributed by atoms with Crippen LogP contribution in [0.2, 0.25) is 0 Å². The van der Waals surface area contributed by atoms with E-state index in [9.17, 15) is 19.8 Å². The average Bonchev–Trinajstić information content (AvgIpc) is 3.21. The van der Waals surface area contributed by atoms with E-state index in [0.29, 0.717) is 24.4 Å². The topological polar surface area (TPSA) is 123 Å². The molecule has 5 rings (SSSR count). The molecule has 4 N–H and O–H groups in total. The number of aromatic hydroxyl groups is 1. The number of pyridine rings is 1. The molecule has 3 aromatic rings. The number of aliphatic hydroxyl groups is 1. The van der Waals surface area contributed by atoms with Crippen LogP contribution in [0.4, 0.5) is 5.82 Å². The standard InChI is InChI=1S/C38H44N2O5/c1-3-4-8-24-17-26(18-25-15-16-40-36(39)21-25)19-28-11-13-30(27-9-6-5-7-10-27)31-23-34(42)35(45-2)22-29(31)12-14-33(41)38(44)37(43)32(28)20-24/h5-7,9-10,15-16,21-24,26,28,30,32,38,42,44H,3-4,8,12,14,17-20H2,1-2H3,(H2,39,40). The fraction of sp³-hybridized carbons (Fsp3) is 0.447. The number of Topliss-reactive ketones (excluding diaryl/α,β-unsaturated/α-hetero) is 2. The molecule has 0 saturated heterocycles. The highest BCUT2D eigenvalue weighted by molar-refractivity contribution is 6.06. The number of anilines is 1. The van der Waals surface area contributed by atoms with Gasteiger partial charge in [0.15, 0.2) is 29.2 Å². The van der Waals surface area contributed by atoms with Crippen LogP contribution in [-0.2, 0) is 22.4 Å². The molecule has 236 valence electrons. The Morgan fingerprint density at radius 2 is 1.80 bits per heavy atom. The van der Waals surface area contributed by atoms with Crippen molar-refractivity contribution in [2.24, 2.45) is 23.7 Å². The summed E-state index contributed by atoms with van der Waals surface area (Å²) in [5, 5.41) is 22.0. The van der Waals surface area contributed by atoms with Gasteiger partial charge in [0.25, 0.3) is 0 Å². The second-order valence-electron chi connectivity index (χ2n) is 12.7. The summed E-state index contributed by atoms with van der Waals surface area (Å²) in [6, 6.07) is 17.2. The molecule has 7 nitrogen and oxygen atoms in total. The first kappa shape index (κ1) is 32.2. The van der Waals surface area contributed by atoms with Crippen molar-refractivity contribution in [3.63, 3.8) is 0 Å². The van der Waals surface area contributed by atoms with Crippen molar-refractivity contribution in [2.45, 2.75) is 76.7 Å². The number of unbranched alkanes of at least 4 members (excludes halogenated alkanes) is 1. The van der Waals surface area contributed by atoms with Crippen molar-refractivity contribution < 1.29 is 24.5 Å². The average molecular weight is 609 g/mol. The highest BCUT2D eigenvalue weighted by Crippen LogP contribution is 2.41. The number of carbonyl (C=O) groups is 2. The third-order valence-corrected chi connectivity index (χ3v) is 9.54. The lowest BCUT2D eigenvalue weighted by atomic mass is 9.77. The van der Waals surface area contributed by atoms with E-state index in [1.807, 2.05) is 42.5 Å². The third kappa shape index (κ3) is 7.75. The Kier molecular flexibility index (Phi) is 10.6. The molecule has 6 atom stereocenters. The van der Waals surface area contributed by atoms with E-state index in [1.54, 1.807) is 18.3 Å². The van der Waals surface area contributed by atoms with E-state index in [0.717, 1.165) is 54.4 Å². The van der Waals surface area contributed by atoms with Gasteiger partial charge in [-0.05, 0) is 90.5 Å². The Bertz CT molecular complexity index is 1560. The van der Waals surface area contributed by atoms with Crippen LogP contribution in [0, 0.1) is 35.5 Å². The van der Waals surface area contributed by atoms with Crippen LogP contribution in [0.15, 0.2) is 60.8 Å². The molecule has 2 aromatic carbocycles. The van der Waals surface area contributed by atoms with E-state index in [1.165, 1.54) is 7.11 Å². The summed E-state index contributed by atoms with van der Waals surface area (Å²) in [7, 11) is 1.48. The van der Waals surface area contributed by atoms with Crippen molar-refractivity contribution in [3.8, 4) is 23.3 Å². The number of nitrogens with two attached hydrogens (primary N) is 1. The SMILES string of the molecule is CCCCC1CC(Cc2ccnc(N)c2)CC2C#CC(c3ccccc3)c3cc(O)c(OC)cc3CCC(=O)C(O)C(=O)C2C1. The molecular weight excluding hydrogens is 564 g/mol. The molecule has 7 heteroatoms. The Morgan fingerprint density at radius 3 is 2.53 bits per heavy atom. The zero-order chi connectivity index (χ0) is 31.9. The Hall–Kier alpha value is -4.15. The molecule has 1 fully saturated rings. The number of methoxy groups -OCH3 is 1. The molecule has 0 bridgehead atoms. The molecule has 0 radical (unpaired) electrons. The normalized spacial score (nSPS) is 25.4. The molecule has 1 aromatic heterocycles. The number of aryl methyl sites for hydroxylation is 1. The largest absolute Gasteiger partial charge is 0.504 e. The van der Waals surface area contributed by atoms with Crippen molar-refractivity contribution in [3.05, 3.63) is 83.0 Å². The molecule has 0 amide bonds. The molecule has 1 heterocycles. The smallest absolute Gasteiger partial charge is 0.173 e. The minimum Gasteiger partial charge on any atom is -0.504 e. The Labute approximate surface area is 266 Å². The van der Waals surface area contributed by atoms with Gasteiger partial charge in [0, 0.05) is 24.5 Å². The van der Waals surface area contributed by atoms with Gasteiger partial charge in [-0.3, -0.25) is 9.59 Å². The molecule has 2 aliphatic rings. The number of phenols is 1. The number of ketones is 2. The molecule has 0 spiro atoms. The number of ether oxygens (including phenoxy) is 1. The van der Waals surface area contributed by atoms with Gasteiger partial charge in [-0.1, -0.05) is 68.4 Å². The maximum atomic E-state index is 14.0. The maximum absolute atomic E-state index is 14.0. The summed E-state index contributed by atoms with van der Waals surface area (Å²) in [6.07, 6.45) is 6.40. The lowest BCUT2D eigenvalue weighted by Gasteiger charge is -2.26. The molecule has 45 heavy (non-hydrogen) atoms.